The molecule has 3 aromatic carbocycles. The Hall–Kier alpha value is -3.32. The fraction of sp³-hybridized carbons (Fsp3) is 0.174. The molecule has 1 amide bonds. The van der Waals surface area contributed by atoms with Gasteiger partial charge in [0.2, 0.25) is 0 Å². The summed E-state index contributed by atoms with van der Waals surface area (Å²) >= 11 is 0. The Balaban J connectivity index is 1.69. The summed E-state index contributed by atoms with van der Waals surface area (Å²) < 4.78 is 33.4. The van der Waals surface area contributed by atoms with E-state index in [1.165, 1.54) is 0 Å². The van der Waals surface area contributed by atoms with E-state index in [-0.39, 0.29) is 10.8 Å². The average molecular weight is 425 g/mol. The third-order valence-electron chi connectivity index (χ3n) is 4.46. The molecule has 0 radical (unpaired) electrons. The van der Waals surface area contributed by atoms with Gasteiger partial charge in [-0.1, -0.05) is 12.1 Å². The minimum atomic E-state index is -3.72. The molecule has 0 saturated carbocycles. The van der Waals surface area contributed by atoms with Gasteiger partial charge < -0.3 is 10.1 Å². The van der Waals surface area contributed by atoms with E-state index in [2.05, 4.69) is 10.0 Å². The first-order chi connectivity index (χ1) is 14.3. The second-order valence-corrected chi connectivity index (χ2v) is 8.51. The van der Waals surface area contributed by atoms with Gasteiger partial charge in [-0.15, -0.1) is 0 Å². The smallest absolute Gasteiger partial charge is 0.262 e. The zero-order valence-corrected chi connectivity index (χ0v) is 17.9. The van der Waals surface area contributed by atoms with E-state index in [1.54, 1.807) is 67.6 Å². The maximum atomic E-state index is 12.7. The number of hydrogen-bond donors (Lipinski definition) is 2. The second kappa shape index (κ2) is 9.00. The average Bonchev–Trinajstić information content (AvgIpc) is 2.71. The van der Waals surface area contributed by atoms with Crippen molar-refractivity contribution >= 4 is 27.3 Å². The normalized spacial score (nSPS) is 11.0. The largest absolute Gasteiger partial charge is 0.494 e. The highest BCUT2D eigenvalue weighted by atomic mass is 32.2. The van der Waals surface area contributed by atoms with Crippen LogP contribution in [0.1, 0.15) is 28.4 Å². The van der Waals surface area contributed by atoms with Crippen LogP contribution in [0, 0.1) is 13.8 Å². The van der Waals surface area contributed by atoms with Crippen LogP contribution in [0.3, 0.4) is 0 Å². The molecule has 0 fully saturated rings. The van der Waals surface area contributed by atoms with Crippen molar-refractivity contribution in [1.29, 1.82) is 0 Å². The Morgan fingerprint density at radius 1 is 0.900 bits per heavy atom. The van der Waals surface area contributed by atoms with Gasteiger partial charge >= 0.3 is 0 Å². The van der Waals surface area contributed by atoms with Crippen LogP contribution in [0.2, 0.25) is 0 Å². The molecule has 3 aromatic rings. The number of anilines is 2. The SMILES string of the molecule is CCOc1ccc(NC(=O)c2ccc(NS(=O)(=O)c3cc(C)ccc3C)cc2)cc1. The van der Waals surface area contributed by atoms with Gasteiger partial charge in [-0.3, -0.25) is 9.52 Å². The lowest BCUT2D eigenvalue weighted by molar-refractivity contribution is 0.102. The van der Waals surface area contributed by atoms with Crippen molar-refractivity contribution in [2.24, 2.45) is 0 Å². The van der Waals surface area contributed by atoms with Gasteiger partial charge in [0.1, 0.15) is 5.75 Å². The Kier molecular flexibility index (Phi) is 6.42. The van der Waals surface area contributed by atoms with Gasteiger partial charge in [-0.25, -0.2) is 8.42 Å². The molecule has 30 heavy (non-hydrogen) atoms. The second-order valence-electron chi connectivity index (χ2n) is 6.86. The summed E-state index contributed by atoms with van der Waals surface area (Å²) in [5.41, 5.74) is 2.97. The molecule has 0 aliphatic carbocycles. The van der Waals surface area contributed by atoms with Crippen LogP contribution in [-0.2, 0) is 10.0 Å². The number of ether oxygens (including phenoxy) is 1. The van der Waals surface area contributed by atoms with Gasteiger partial charge in [0.15, 0.2) is 0 Å². The van der Waals surface area contributed by atoms with Crippen LogP contribution in [-0.4, -0.2) is 20.9 Å². The first-order valence-electron chi connectivity index (χ1n) is 9.53. The number of rotatable bonds is 7. The van der Waals surface area contributed by atoms with E-state index in [4.69, 9.17) is 4.74 Å². The molecule has 156 valence electrons. The predicted molar refractivity (Wildman–Crippen MR) is 119 cm³/mol. The number of hydrogen-bond acceptors (Lipinski definition) is 4. The van der Waals surface area contributed by atoms with Gasteiger partial charge in [-0.2, -0.15) is 0 Å². The summed E-state index contributed by atoms with van der Waals surface area (Å²) in [4.78, 5) is 12.7. The Morgan fingerprint density at radius 2 is 1.53 bits per heavy atom. The van der Waals surface area contributed by atoms with Crippen LogP contribution in [0.15, 0.2) is 71.6 Å². The number of aryl methyl sites for hydroxylation is 2. The van der Waals surface area contributed by atoms with Crippen LogP contribution < -0.4 is 14.8 Å². The minimum absolute atomic E-state index is 0.236. The van der Waals surface area contributed by atoms with Crippen molar-refractivity contribution in [3.05, 3.63) is 83.4 Å². The van der Waals surface area contributed by atoms with Crippen LogP contribution >= 0.6 is 0 Å². The number of carbonyl (C=O) groups is 1. The lowest BCUT2D eigenvalue weighted by Gasteiger charge is -2.12. The van der Waals surface area contributed by atoms with Crippen molar-refractivity contribution < 1.29 is 17.9 Å². The molecule has 7 heteroatoms. The summed E-state index contributed by atoms with van der Waals surface area (Å²) in [5, 5.41) is 2.80. The zero-order valence-electron chi connectivity index (χ0n) is 17.1. The Labute approximate surface area is 177 Å². The van der Waals surface area contributed by atoms with Gasteiger partial charge in [0.25, 0.3) is 15.9 Å². The third kappa shape index (κ3) is 5.18. The molecule has 0 aliphatic heterocycles. The molecular formula is C23H24N2O4S. The highest BCUT2D eigenvalue weighted by Gasteiger charge is 2.17. The summed E-state index contributed by atoms with van der Waals surface area (Å²) in [6.45, 7) is 6.07. The zero-order chi connectivity index (χ0) is 21.7. The van der Waals surface area contributed by atoms with Crippen molar-refractivity contribution in [3.63, 3.8) is 0 Å². The number of carbonyl (C=O) groups excluding carboxylic acids is 1. The predicted octanol–water partition coefficient (Wildman–Crippen LogP) is 4.76. The highest BCUT2D eigenvalue weighted by Crippen LogP contribution is 2.21. The third-order valence-corrected chi connectivity index (χ3v) is 5.98. The molecule has 0 heterocycles. The van der Waals surface area contributed by atoms with E-state index in [1.807, 2.05) is 19.9 Å². The molecule has 6 nitrogen and oxygen atoms in total. The molecule has 0 unspecified atom stereocenters. The van der Waals surface area contributed by atoms with Gasteiger partial charge in [0, 0.05) is 16.9 Å². The summed E-state index contributed by atoms with van der Waals surface area (Å²) in [7, 11) is -3.72. The van der Waals surface area contributed by atoms with E-state index in [0.717, 1.165) is 11.3 Å². The molecule has 0 bridgehead atoms. The van der Waals surface area contributed by atoms with Gasteiger partial charge in [-0.05, 0) is 86.5 Å². The van der Waals surface area contributed by atoms with Crippen LogP contribution in [0.25, 0.3) is 0 Å². The Morgan fingerprint density at radius 3 is 2.17 bits per heavy atom. The fourth-order valence-electron chi connectivity index (χ4n) is 2.90. The lowest BCUT2D eigenvalue weighted by Crippen LogP contribution is -2.15. The minimum Gasteiger partial charge on any atom is -0.494 e. The van der Waals surface area contributed by atoms with E-state index in [9.17, 15) is 13.2 Å². The molecule has 0 aliphatic rings. The lowest BCUT2D eigenvalue weighted by atomic mass is 10.2. The monoisotopic (exact) mass is 424 g/mol. The number of sulfonamides is 1. The number of nitrogens with one attached hydrogen (secondary N) is 2. The first kappa shape index (κ1) is 21.4. The maximum absolute atomic E-state index is 12.7. The van der Waals surface area contributed by atoms with Crippen molar-refractivity contribution in [2.75, 3.05) is 16.6 Å². The van der Waals surface area contributed by atoms with Crippen molar-refractivity contribution in [1.82, 2.24) is 0 Å². The van der Waals surface area contributed by atoms with Crippen LogP contribution in [0.4, 0.5) is 11.4 Å². The summed E-state index contributed by atoms with van der Waals surface area (Å²) in [6, 6.07) is 18.6. The van der Waals surface area contributed by atoms with Gasteiger partial charge in [0.05, 0.1) is 11.5 Å². The maximum Gasteiger partial charge on any atom is 0.262 e. The molecule has 0 saturated heterocycles. The molecular weight excluding hydrogens is 400 g/mol. The standard InChI is InChI=1S/C23H24N2O4S/c1-4-29-21-13-11-19(12-14-21)24-23(26)18-7-9-20(10-8-18)25-30(27,28)22-15-16(2)5-6-17(22)3/h5-15,25H,4H2,1-3H3,(H,24,26). The Bertz CT molecular complexity index is 1140. The number of benzene rings is 3. The van der Waals surface area contributed by atoms with Crippen molar-refractivity contribution in [2.45, 2.75) is 25.7 Å². The molecule has 0 spiro atoms. The fourth-order valence-corrected chi connectivity index (χ4v) is 4.29. The molecule has 3 rings (SSSR count). The summed E-state index contributed by atoms with van der Waals surface area (Å²) in [6.07, 6.45) is 0. The molecule has 2 N–H and O–H groups in total. The molecule has 0 atom stereocenters. The topological polar surface area (TPSA) is 84.5 Å². The quantitative estimate of drug-likeness (QED) is 0.573. The summed E-state index contributed by atoms with van der Waals surface area (Å²) in [5.74, 6) is 0.444. The van der Waals surface area contributed by atoms with E-state index in [0.29, 0.717) is 29.1 Å². The number of amides is 1. The van der Waals surface area contributed by atoms with E-state index < -0.39 is 10.0 Å². The molecule has 0 aromatic heterocycles. The van der Waals surface area contributed by atoms with Crippen LogP contribution in [0.5, 0.6) is 5.75 Å². The van der Waals surface area contributed by atoms with E-state index >= 15 is 0 Å². The highest BCUT2D eigenvalue weighted by molar-refractivity contribution is 7.92. The van der Waals surface area contributed by atoms with Crippen molar-refractivity contribution in [3.8, 4) is 5.75 Å². The first-order valence-corrected chi connectivity index (χ1v) is 11.0.